The van der Waals surface area contributed by atoms with Gasteiger partial charge in [-0.15, -0.1) is 6.58 Å². The SMILES string of the molecule is C=CCc1ccc(CC(=C)c2ccc(C(C)C)cc2)c(CC)c1. The van der Waals surface area contributed by atoms with Crippen LogP contribution >= 0.6 is 0 Å². The predicted octanol–water partition coefficient (Wildman–Crippen LogP) is 6.36. The van der Waals surface area contributed by atoms with Crippen molar-refractivity contribution < 1.29 is 0 Å². The summed E-state index contributed by atoms with van der Waals surface area (Å²) in [5.74, 6) is 0.571. The van der Waals surface area contributed by atoms with Crippen molar-refractivity contribution in [3.05, 3.63) is 89.5 Å². The smallest absolute Gasteiger partial charge is 0.00230 e. The molecule has 2 aromatic carbocycles. The Kier molecular flexibility index (Phi) is 5.98. The molecule has 0 fully saturated rings. The van der Waals surface area contributed by atoms with Crippen molar-refractivity contribution in [1.82, 2.24) is 0 Å². The van der Waals surface area contributed by atoms with Gasteiger partial charge in [-0.3, -0.25) is 0 Å². The molecule has 0 nitrogen and oxygen atoms in total. The van der Waals surface area contributed by atoms with Crippen LogP contribution in [0.1, 0.15) is 54.5 Å². The molecule has 0 bridgehead atoms. The number of rotatable bonds is 7. The van der Waals surface area contributed by atoms with E-state index in [2.05, 4.69) is 76.4 Å². The van der Waals surface area contributed by atoms with E-state index >= 15 is 0 Å². The molecule has 0 heterocycles. The summed E-state index contributed by atoms with van der Waals surface area (Å²) in [6.07, 6.45) is 4.87. The number of aryl methyl sites for hydroxylation is 1. The largest absolute Gasteiger partial charge is 0.103 e. The van der Waals surface area contributed by atoms with Crippen LogP contribution in [0.25, 0.3) is 5.57 Å². The van der Waals surface area contributed by atoms with Crippen molar-refractivity contribution in [3.63, 3.8) is 0 Å². The fourth-order valence-corrected chi connectivity index (χ4v) is 2.91. The highest BCUT2D eigenvalue weighted by atomic mass is 14.1. The summed E-state index contributed by atoms with van der Waals surface area (Å²) in [5.41, 5.74) is 7.96. The van der Waals surface area contributed by atoms with Gasteiger partial charge < -0.3 is 0 Å². The molecule has 0 spiro atoms. The van der Waals surface area contributed by atoms with Crippen molar-refractivity contribution in [1.29, 1.82) is 0 Å². The highest BCUT2D eigenvalue weighted by molar-refractivity contribution is 5.66. The maximum atomic E-state index is 4.31. The molecule has 0 saturated heterocycles. The van der Waals surface area contributed by atoms with Crippen LogP contribution in [0, 0.1) is 0 Å². The molecule has 0 aliphatic carbocycles. The van der Waals surface area contributed by atoms with Crippen LogP contribution in [-0.2, 0) is 19.3 Å². The van der Waals surface area contributed by atoms with Gasteiger partial charge in [-0.2, -0.15) is 0 Å². The van der Waals surface area contributed by atoms with Crippen LogP contribution in [0.5, 0.6) is 0 Å². The fraction of sp³-hybridized carbons (Fsp3) is 0.304. The van der Waals surface area contributed by atoms with Crippen LogP contribution in [0.2, 0.25) is 0 Å². The molecule has 0 aromatic heterocycles. The van der Waals surface area contributed by atoms with E-state index in [0.29, 0.717) is 5.92 Å². The lowest BCUT2D eigenvalue weighted by molar-refractivity contribution is 0.866. The minimum absolute atomic E-state index is 0.571. The average Bonchev–Trinajstić information content (AvgIpc) is 2.56. The Morgan fingerprint density at radius 2 is 1.74 bits per heavy atom. The fourth-order valence-electron chi connectivity index (χ4n) is 2.91. The Balaban J connectivity index is 2.17. The van der Waals surface area contributed by atoms with Gasteiger partial charge in [0.05, 0.1) is 0 Å². The number of hydrogen-bond donors (Lipinski definition) is 0. The third kappa shape index (κ3) is 4.45. The Labute approximate surface area is 141 Å². The highest BCUT2D eigenvalue weighted by Crippen LogP contribution is 2.24. The first kappa shape index (κ1) is 17.3. The van der Waals surface area contributed by atoms with Gasteiger partial charge >= 0.3 is 0 Å². The van der Waals surface area contributed by atoms with Crippen LogP contribution < -0.4 is 0 Å². The van der Waals surface area contributed by atoms with Gasteiger partial charge in [0.2, 0.25) is 0 Å². The first-order chi connectivity index (χ1) is 11.0. The lowest BCUT2D eigenvalue weighted by atomic mass is 9.92. The monoisotopic (exact) mass is 304 g/mol. The van der Waals surface area contributed by atoms with Gasteiger partial charge in [0.15, 0.2) is 0 Å². The zero-order valence-electron chi connectivity index (χ0n) is 14.7. The summed E-state index contributed by atoms with van der Waals surface area (Å²) in [5, 5.41) is 0. The zero-order valence-corrected chi connectivity index (χ0v) is 14.7. The zero-order chi connectivity index (χ0) is 16.8. The third-order valence-corrected chi connectivity index (χ3v) is 4.42. The minimum atomic E-state index is 0.571. The van der Waals surface area contributed by atoms with Gasteiger partial charge in [0.25, 0.3) is 0 Å². The molecule has 0 radical (unpaired) electrons. The lowest BCUT2D eigenvalue weighted by Crippen LogP contribution is -1.97. The van der Waals surface area contributed by atoms with E-state index in [9.17, 15) is 0 Å². The maximum absolute atomic E-state index is 4.31. The van der Waals surface area contributed by atoms with E-state index in [0.717, 1.165) is 19.3 Å². The molecule has 23 heavy (non-hydrogen) atoms. The Hall–Kier alpha value is -2.08. The maximum Gasteiger partial charge on any atom is -0.00230 e. The predicted molar refractivity (Wildman–Crippen MR) is 103 cm³/mol. The molecular weight excluding hydrogens is 276 g/mol. The number of allylic oxidation sites excluding steroid dienone is 2. The molecule has 0 aliphatic rings. The quantitative estimate of drug-likeness (QED) is 0.522. The summed E-state index contributed by atoms with van der Waals surface area (Å²) in [7, 11) is 0. The second kappa shape index (κ2) is 7.97. The highest BCUT2D eigenvalue weighted by Gasteiger charge is 2.07. The summed E-state index contributed by atoms with van der Waals surface area (Å²) in [6, 6.07) is 15.6. The summed E-state index contributed by atoms with van der Waals surface area (Å²) in [6.45, 7) is 14.8. The first-order valence-electron chi connectivity index (χ1n) is 8.54. The van der Waals surface area contributed by atoms with Crippen LogP contribution in [-0.4, -0.2) is 0 Å². The normalized spacial score (nSPS) is 10.8. The molecule has 120 valence electrons. The van der Waals surface area contributed by atoms with E-state index in [-0.39, 0.29) is 0 Å². The lowest BCUT2D eigenvalue weighted by Gasteiger charge is -2.13. The van der Waals surface area contributed by atoms with Crippen molar-refractivity contribution in [2.45, 2.75) is 46.0 Å². The molecule has 0 unspecified atom stereocenters. The third-order valence-electron chi connectivity index (χ3n) is 4.42. The molecule has 0 saturated carbocycles. The topological polar surface area (TPSA) is 0 Å². The minimum Gasteiger partial charge on any atom is -0.103 e. The molecule has 0 amide bonds. The summed E-state index contributed by atoms with van der Waals surface area (Å²) in [4.78, 5) is 0. The van der Waals surface area contributed by atoms with Gasteiger partial charge in [-0.05, 0) is 58.6 Å². The van der Waals surface area contributed by atoms with Gasteiger partial charge in [-0.25, -0.2) is 0 Å². The van der Waals surface area contributed by atoms with E-state index in [1.54, 1.807) is 0 Å². The Morgan fingerprint density at radius 1 is 1.04 bits per heavy atom. The van der Waals surface area contributed by atoms with Gasteiger partial charge in [0, 0.05) is 0 Å². The summed E-state index contributed by atoms with van der Waals surface area (Å²) < 4.78 is 0. The molecule has 0 N–H and O–H groups in total. The van der Waals surface area contributed by atoms with Gasteiger partial charge in [-0.1, -0.05) is 75.9 Å². The second-order valence-electron chi connectivity index (χ2n) is 6.51. The Morgan fingerprint density at radius 3 is 2.30 bits per heavy atom. The standard InChI is InChI=1S/C23H28/c1-6-8-19-9-10-23(20(7-2)16-19)15-18(5)22-13-11-21(12-14-22)17(3)4/h6,9-14,16-17H,1,5,7-8,15H2,2-4H3. The Bertz CT molecular complexity index is 672. The molecule has 0 heteroatoms. The molecule has 2 aromatic rings. The number of hydrogen-bond acceptors (Lipinski definition) is 0. The van der Waals surface area contributed by atoms with Crippen LogP contribution in [0.15, 0.2) is 61.7 Å². The van der Waals surface area contributed by atoms with Crippen molar-refractivity contribution in [3.8, 4) is 0 Å². The second-order valence-corrected chi connectivity index (χ2v) is 6.51. The molecule has 0 aliphatic heterocycles. The first-order valence-corrected chi connectivity index (χ1v) is 8.54. The number of benzene rings is 2. The average molecular weight is 304 g/mol. The van der Waals surface area contributed by atoms with E-state index < -0.39 is 0 Å². The van der Waals surface area contributed by atoms with E-state index in [4.69, 9.17) is 0 Å². The van der Waals surface area contributed by atoms with Crippen molar-refractivity contribution in [2.24, 2.45) is 0 Å². The van der Waals surface area contributed by atoms with E-state index in [1.165, 1.54) is 33.4 Å². The van der Waals surface area contributed by atoms with Crippen LogP contribution in [0.3, 0.4) is 0 Å². The molecule has 2 rings (SSSR count). The van der Waals surface area contributed by atoms with Crippen molar-refractivity contribution >= 4 is 5.57 Å². The van der Waals surface area contributed by atoms with Crippen LogP contribution in [0.4, 0.5) is 0 Å². The summed E-state index contributed by atoms with van der Waals surface area (Å²) >= 11 is 0. The molecule has 0 atom stereocenters. The van der Waals surface area contributed by atoms with Gasteiger partial charge in [0.1, 0.15) is 0 Å². The molecular formula is C23H28. The van der Waals surface area contributed by atoms with Crippen molar-refractivity contribution in [2.75, 3.05) is 0 Å². The van der Waals surface area contributed by atoms with E-state index in [1.807, 2.05) is 6.08 Å².